The van der Waals surface area contributed by atoms with Gasteiger partial charge in [0.25, 0.3) is 0 Å². The van der Waals surface area contributed by atoms with Crippen molar-refractivity contribution < 1.29 is 0 Å². The second-order valence-electron chi connectivity index (χ2n) is 4.24. The van der Waals surface area contributed by atoms with Gasteiger partial charge in [-0.05, 0) is 41.6 Å². The molecule has 0 aliphatic heterocycles. The number of pyridine rings is 1. The Hall–Kier alpha value is -2.81. The summed E-state index contributed by atoms with van der Waals surface area (Å²) in [5.41, 5.74) is 2.63. The van der Waals surface area contributed by atoms with Crippen molar-refractivity contribution in [1.29, 1.82) is 0 Å². The van der Waals surface area contributed by atoms with Crippen LogP contribution in [0.5, 0.6) is 0 Å². The third kappa shape index (κ3) is 3.60. The molecule has 0 unspecified atom stereocenters. The van der Waals surface area contributed by atoms with Gasteiger partial charge in [0.1, 0.15) is 5.69 Å². The first-order valence-corrected chi connectivity index (χ1v) is 7.37. The fourth-order valence-corrected chi connectivity index (χ4v) is 2.32. The van der Waals surface area contributed by atoms with Crippen molar-refractivity contribution >= 4 is 11.3 Å². The molecule has 3 aromatic rings. The molecule has 2 aromatic heterocycles. The summed E-state index contributed by atoms with van der Waals surface area (Å²) in [7, 11) is 0. The Bertz CT molecular complexity index is 841. The zero-order chi connectivity index (χ0) is 14.3. The Morgan fingerprint density at radius 3 is 2.14 bits per heavy atom. The smallest absolute Gasteiger partial charge is 0.113 e. The molecule has 0 atom stereocenters. The van der Waals surface area contributed by atoms with Crippen LogP contribution in [0.2, 0.25) is 0 Å². The van der Waals surface area contributed by atoms with Crippen LogP contribution in [-0.2, 0) is 0 Å². The minimum absolute atomic E-state index is 0.763. The summed E-state index contributed by atoms with van der Waals surface area (Å²) in [5, 5.41) is 2.02. The fraction of sp³-hybridized carbons (Fsp3) is 0. The van der Waals surface area contributed by atoms with E-state index in [4.69, 9.17) is 0 Å². The first-order valence-electron chi connectivity index (χ1n) is 6.49. The van der Waals surface area contributed by atoms with Crippen LogP contribution in [0.15, 0.2) is 66.2 Å². The molecule has 2 heteroatoms. The van der Waals surface area contributed by atoms with Crippen LogP contribution in [0.4, 0.5) is 0 Å². The normalized spacial score (nSPS) is 9.14. The number of hydrogen-bond donors (Lipinski definition) is 0. The third-order valence-electron chi connectivity index (χ3n) is 2.76. The average Bonchev–Trinajstić information content (AvgIpc) is 3.06. The largest absolute Gasteiger partial charge is 0.248 e. The van der Waals surface area contributed by atoms with Gasteiger partial charge in [-0.3, -0.25) is 0 Å². The molecule has 1 aromatic carbocycles. The minimum atomic E-state index is 0.763. The molecule has 0 saturated heterocycles. The van der Waals surface area contributed by atoms with Gasteiger partial charge < -0.3 is 0 Å². The molecule has 3 rings (SSSR count). The van der Waals surface area contributed by atoms with E-state index in [1.165, 1.54) is 0 Å². The fourth-order valence-electron chi connectivity index (χ4n) is 1.75. The van der Waals surface area contributed by atoms with Crippen LogP contribution in [0.1, 0.15) is 21.7 Å². The Kier molecular flexibility index (Phi) is 4.12. The molecule has 1 nitrogen and oxygen atoms in total. The number of hydrogen-bond acceptors (Lipinski definition) is 2. The van der Waals surface area contributed by atoms with Gasteiger partial charge in [0, 0.05) is 17.3 Å². The van der Waals surface area contributed by atoms with Crippen LogP contribution in [0.3, 0.4) is 0 Å². The minimum Gasteiger partial charge on any atom is -0.248 e. The first kappa shape index (κ1) is 13.2. The maximum Gasteiger partial charge on any atom is 0.113 e. The quantitative estimate of drug-likeness (QED) is 0.570. The van der Waals surface area contributed by atoms with E-state index in [9.17, 15) is 0 Å². The van der Waals surface area contributed by atoms with Crippen molar-refractivity contribution in [2.45, 2.75) is 0 Å². The standard InChI is InChI=1S/C19H11NS/c1-2-7-17(11-13-19-9-5-15-21-19)16(6-1)10-12-18-8-3-4-14-20-18/h1-9,14-15H. The monoisotopic (exact) mass is 285 g/mol. The van der Waals surface area contributed by atoms with E-state index < -0.39 is 0 Å². The maximum atomic E-state index is 4.20. The molecule has 21 heavy (non-hydrogen) atoms. The Balaban J connectivity index is 1.92. The summed E-state index contributed by atoms with van der Waals surface area (Å²) in [4.78, 5) is 5.26. The van der Waals surface area contributed by atoms with E-state index in [0.717, 1.165) is 21.7 Å². The predicted octanol–water partition coefficient (Wildman–Crippen LogP) is 3.94. The third-order valence-corrected chi connectivity index (χ3v) is 3.54. The SMILES string of the molecule is C(#Cc1ccccc1C#Cc1cccs1)c1ccccn1. The van der Waals surface area contributed by atoms with E-state index in [2.05, 4.69) is 28.7 Å². The summed E-state index contributed by atoms with van der Waals surface area (Å²) in [6.07, 6.45) is 1.74. The molecular weight excluding hydrogens is 274 g/mol. The van der Waals surface area contributed by atoms with Gasteiger partial charge in [0.05, 0.1) is 4.88 Å². The van der Waals surface area contributed by atoms with Gasteiger partial charge in [0.15, 0.2) is 0 Å². The van der Waals surface area contributed by atoms with Crippen molar-refractivity contribution in [1.82, 2.24) is 4.98 Å². The van der Waals surface area contributed by atoms with Gasteiger partial charge in [0.2, 0.25) is 0 Å². The zero-order valence-electron chi connectivity index (χ0n) is 11.2. The highest BCUT2D eigenvalue weighted by atomic mass is 32.1. The summed E-state index contributed by atoms with van der Waals surface area (Å²) in [5.74, 6) is 12.6. The summed E-state index contributed by atoms with van der Waals surface area (Å²) in [6.45, 7) is 0. The summed E-state index contributed by atoms with van der Waals surface area (Å²) in [6, 6.07) is 17.6. The van der Waals surface area contributed by atoms with E-state index in [0.29, 0.717) is 0 Å². The van der Waals surface area contributed by atoms with Crippen LogP contribution in [0, 0.1) is 23.7 Å². The van der Waals surface area contributed by atoms with Gasteiger partial charge in [-0.25, -0.2) is 4.98 Å². The van der Waals surface area contributed by atoms with Crippen molar-refractivity contribution in [3.8, 4) is 23.7 Å². The predicted molar refractivity (Wildman–Crippen MR) is 87.0 cm³/mol. The molecule has 0 fully saturated rings. The maximum absolute atomic E-state index is 4.20. The number of aromatic nitrogens is 1. The van der Waals surface area contributed by atoms with Crippen molar-refractivity contribution in [3.63, 3.8) is 0 Å². The Labute approximate surface area is 128 Å². The zero-order valence-corrected chi connectivity index (χ0v) is 12.0. The molecule has 0 N–H and O–H groups in total. The van der Waals surface area contributed by atoms with E-state index >= 15 is 0 Å². The number of nitrogens with zero attached hydrogens (tertiary/aromatic N) is 1. The lowest BCUT2D eigenvalue weighted by molar-refractivity contribution is 1.29. The van der Waals surface area contributed by atoms with Gasteiger partial charge in [-0.2, -0.15) is 0 Å². The Morgan fingerprint density at radius 2 is 1.48 bits per heavy atom. The molecule has 0 bridgehead atoms. The lowest BCUT2D eigenvalue weighted by atomic mass is 10.1. The first-order chi connectivity index (χ1) is 10.4. The van der Waals surface area contributed by atoms with Crippen LogP contribution < -0.4 is 0 Å². The van der Waals surface area contributed by atoms with Gasteiger partial charge in [-0.15, -0.1) is 11.3 Å². The molecule has 0 amide bonds. The van der Waals surface area contributed by atoms with Crippen molar-refractivity contribution in [2.75, 3.05) is 0 Å². The van der Waals surface area contributed by atoms with E-state index in [1.54, 1.807) is 17.5 Å². The highest BCUT2D eigenvalue weighted by Gasteiger charge is 1.95. The molecule has 98 valence electrons. The summed E-state index contributed by atoms with van der Waals surface area (Å²) >= 11 is 1.64. The highest BCUT2D eigenvalue weighted by Crippen LogP contribution is 2.09. The second-order valence-corrected chi connectivity index (χ2v) is 5.19. The van der Waals surface area contributed by atoms with Crippen LogP contribution in [-0.4, -0.2) is 4.98 Å². The van der Waals surface area contributed by atoms with Crippen molar-refractivity contribution in [3.05, 3.63) is 87.9 Å². The van der Waals surface area contributed by atoms with E-state index in [-0.39, 0.29) is 0 Å². The second kappa shape index (κ2) is 6.57. The van der Waals surface area contributed by atoms with Crippen LogP contribution >= 0.6 is 11.3 Å². The average molecular weight is 285 g/mol. The number of benzene rings is 1. The topological polar surface area (TPSA) is 12.9 Å². The molecule has 0 aliphatic carbocycles. The Morgan fingerprint density at radius 1 is 0.714 bits per heavy atom. The number of rotatable bonds is 0. The number of thiophene rings is 1. The molecule has 2 heterocycles. The molecule has 0 spiro atoms. The lowest BCUT2D eigenvalue weighted by Crippen LogP contribution is -1.84. The summed E-state index contributed by atoms with van der Waals surface area (Å²) < 4.78 is 0. The molecular formula is C19H11NS. The van der Waals surface area contributed by atoms with Crippen molar-refractivity contribution in [2.24, 2.45) is 0 Å². The van der Waals surface area contributed by atoms with Gasteiger partial charge in [-0.1, -0.05) is 42.0 Å². The lowest BCUT2D eigenvalue weighted by Gasteiger charge is -1.94. The van der Waals surface area contributed by atoms with E-state index in [1.807, 2.05) is 60.0 Å². The molecule has 0 radical (unpaired) electrons. The van der Waals surface area contributed by atoms with Gasteiger partial charge >= 0.3 is 0 Å². The highest BCUT2D eigenvalue weighted by molar-refractivity contribution is 7.10. The molecule has 0 saturated carbocycles. The van der Waals surface area contributed by atoms with Crippen LogP contribution in [0.25, 0.3) is 0 Å². The molecule has 0 aliphatic rings.